The van der Waals surface area contributed by atoms with Gasteiger partial charge in [0.25, 0.3) is 0 Å². The second-order valence-electron chi connectivity index (χ2n) is 5.82. The van der Waals surface area contributed by atoms with Gasteiger partial charge in [-0.25, -0.2) is 0 Å². The van der Waals surface area contributed by atoms with Crippen LogP contribution < -0.4 is 9.47 Å². The van der Waals surface area contributed by atoms with E-state index in [0.717, 1.165) is 56.8 Å². The maximum atomic E-state index is 10.2. The number of rotatable bonds is 2. The molecule has 3 nitrogen and oxygen atoms in total. The van der Waals surface area contributed by atoms with Crippen LogP contribution in [0.1, 0.15) is 35.1 Å². The van der Waals surface area contributed by atoms with Crippen molar-refractivity contribution in [1.29, 1.82) is 0 Å². The Morgan fingerprint density at radius 1 is 1.06 bits per heavy atom. The molecule has 0 radical (unpaired) electrons. The second kappa shape index (κ2) is 3.41. The quantitative estimate of drug-likeness (QED) is 0.866. The van der Waals surface area contributed by atoms with Gasteiger partial charge in [0.15, 0.2) is 0 Å². The maximum Gasteiger partial charge on any atom is 0.126 e. The molecule has 4 rings (SSSR count). The lowest BCUT2D eigenvalue weighted by atomic mass is 9.91. The van der Waals surface area contributed by atoms with Crippen LogP contribution in [0.4, 0.5) is 0 Å². The zero-order chi connectivity index (χ0) is 12.3. The summed E-state index contributed by atoms with van der Waals surface area (Å²) in [6.45, 7) is 3.67. The SMILES string of the molecule is Cc1c2c(c(CC3(O)CC3)c3c1OCC3)OCC2. The highest BCUT2D eigenvalue weighted by Crippen LogP contribution is 2.48. The number of aliphatic hydroxyl groups is 1. The molecule has 1 aromatic rings. The van der Waals surface area contributed by atoms with E-state index in [9.17, 15) is 5.11 Å². The summed E-state index contributed by atoms with van der Waals surface area (Å²) in [6, 6.07) is 0. The van der Waals surface area contributed by atoms with Crippen molar-refractivity contribution in [3.8, 4) is 11.5 Å². The lowest BCUT2D eigenvalue weighted by Crippen LogP contribution is -2.13. The molecule has 2 aliphatic heterocycles. The normalized spacial score (nSPS) is 22.1. The molecule has 0 unspecified atom stereocenters. The molecule has 0 bridgehead atoms. The Balaban J connectivity index is 1.90. The van der Waals surface area contributed by atoms with Gasteiger partial charge in [0.05, 0.1) is 18.8 Å². The lowest BCUT2D eigenvalue weighted by molar-refractivity contribution is 0.149. The van der Waals surface area contributed by atoms with E-state index in [2.05, 4.69) is 6.92 Å². The van der Waals surface area contributed by atoms with Crippen LogP contribution in [0.25, 0.3) is 0 Å². The highest BCUT2D eigenvalue weighted by atomic mass is 16.5. The van der Waals surface area contributed by atoms with Gasteiger partial charge >= 0.3 is 0 Å². The monoisotopic (exact) mass is 246 g/mol. The summed E-state index contributed by atoms with van der Waals surface area (Å²) in [6.07, 6.45) is 4.51. The summed E-state index contributed by atoms with van der Waals surface area (Å²) in [5, 5.41) is 10.2. The van der Waals surface area contributed by atoms with E-state index in [4.69, 9.17) is 9.47 Å². The van der Waals surface area contributed by atoms with Crippen molar-refractivity contribution in [2.75, 3.05) is 13.2 Å². The topological polar surface area (TPSA) is 38.7 Å². The predicted octanol–water partition coefficient (Wildman–Crippen LogP) is 1.93. The maximum absolute atomic E-state index is 10.2. The fourth-order valence-corrected chi connectivity index (χ4v) is 3.27. The molecule has 18 heavy (non-hydrogen) atoms. The van der Waals surface area contributed by atoms with E-state index in [0.29, 0.717) is 0 Å². The Bertz CT molecular complexity index is 494. The van der Waals surface area contributed by atoms with Gasteiger partial charge in [0, 0.05) is 36.0 Å². The molecule has 0 saturated heterocycles. The first-order chi connectivity index (χ1) is 8.68. The molecule has 1 N–H and O–H groups in total. The summed E-state index contributed by atoms with van der Waals surface area (Å²) in [7, 11) is 0. The van der Waals surface area contributed by atoms with Crippen molar-refractivity contribution in [3.05, 3.63) is 22.3 Å². The van der Waals surface area contributed by atoms with Crippen LogP contribution >= 0.6 is 0 Å². The van der Waals surface area contributed by atoms with Crippen LogP contribution in [0.5, 0.6) is 11.5 Å². The van der Waals surface area contributed by atoms with Crippen molar-refractivity contribution in [3.63, 3.8) is 0 Å². The molecule has 3 heteroatoms. The minimum atomic E-state index is -0.467. The van der Waals surface area contributed by atoms with Crippen LogP contribution in [0.15, 0.2) is 0 Å². The predicted molar refractivity (Wildman–Crippen MR) is 67.5 cm³/mol. The average Bonchev–Trinajstić information content (AvgIpc) is 2.87. The van der Waals surface area contributed by atoms with Gasteiger partial charge in [-0.1, -0.05) is 0 Å². The zero-order valence-electron chi connectivity index (χ0n) is 10.7. The summed E-state index contributed by atoms with van der Waals surface area (Å²) in [4.78, 5) is 0. The van der Waals surface area contributed by atoms with Crippen LogP contribution in [-0.2, 0) is 19.3 Å². The van der Waals surface area contributed by atoms with Gasteiger partial charge in [-0.15, -0.1) is 0 Å². The lowest BCUT2D eigenvalue weighted by Gasteiger charge is -2.17. The van der Waals surface area contributed by atoms with Gasteiger partial charge in [-0.3, -0.25) is 0 Å². The molecule has 1 aromatic carbocycles. The largest absolute Gasteiger partial charge is 0.493 e. The van der Waals surface area contributed by atoms with Crippen LogP contribution in [-0.4, -0.2) is 23.9 Å². The van der Waals surface area contributed by atoms with Crippen molar-refractivity contribution < 1.29 is 14.6 Å². The Morgan fingerprint density at radius 2 is 1.72 bits per heavy atom. The number of hydrogen-bond donors (Lipinski definition) is 1. The van der Waals surface area contributed by atoms with E-state index in [1.165, 1.54) is 22.3 Å². The minimum absolute atomic E-state index is 0.467. The number of ether oxygens (including phenoxy) is 2. The smallest absolute Gasteiger partial charge is 0.126 e. The van der Waals surface area contributed by atoms with E-state index in [-0.39, 0.29) is 0 Å². The van der Waals surface area contributed by atoms with Crippen molar-refractivity contribution in [1.82, 2.24) is 0 Å². The first kappa shape index (κ1) is 10.7. The summed E-state index contributed by atoms with van der Waals surface area (Å²) < 4.78 is 11.6. The molecule has 0 aromatic heterocycles. The fraction of sp³-hybridized carbons (Fsp3) is 0.600. The van der Waals surface area contributed by atoms with Gasteiger partial charge in [-0.05, 0) is 25.3 Å². The highest BCUT2D eigenvalue weighted by molar-refractivity contribution is 5.62. The Hall–Kier alpha value is -1.22. The van der Waals surface area contributed by atoms with E-state index in [1.807, 2.05) is 0 Å². The van der Waals surface area contributed by atoms with Gasteiger partial charge in [0.2, 0.25) is 0 Å². The number of fused-ring (bicyclic) bond motifs is 2. The molecular weight excluding hydrogens is 228 g/mol. The third kappa shape index (κ3) is 1.40. The third-order valence-corrected chi connectivity index (χ3v) is 4.51. The third-order valence-electron chi connectivity index (χ3n) is 4.51. The van der Waals surface area contributed by atoms with Crippen molar-refractivity contribution >= 4 is 0 Å². The summed E-state index contributed by atoms with van der Waals surface area (Å²) in [5.41, 5.74) is 4.59. The number of hydrogen-bond acceptors (Lipinski definition) is 3. The standard InChI is InChI=1S/C15H18O3/c1-9-10-2-6-18-14(10)12(8-15(16)4-5-15)11-3-7-17-13(9)11/h16H,2-8H2,1H3. The Kier molecular flexibility index (Phi) is 2.03. The van der Waals surface area contributed by atoms with E-state index in [1.54, 1.807) is 0 Å². The van der Waals surface area contributed by atoms with Gasteiger partial charge in [0.1, 0.15) is 11.5 Å². The van der Waals surface area contributed by atoms with Gasteiger partial charge in [-0.2, -0.15) is 0 Å². The Morgan fingerprint density at radius 3 is 2.44 bits per heavy atom. The number of benzene rings is 1. The molecule has 1 fully saturated rings. The average molecular weight is 246 g/mol. The molecule has 0 spiro atoms. The molecule has 3 aliphatic rings. The summed E-state index contributed by atoms with van der Waals surface area (Å²) in [5.74, 6) is 2.12. The van der Waals surface area contributed by atoms with Crippen molar-refractivity contribution in [2.24, 2.45) is 0 Å². The first-order valence-corrected chi connectivity index (χ1v) is 6.83. The fourth-order valence-electron chi connectivity index (χ4n) is 3.27. The van der Waals surface area contributed by atoms with E-state index < -0.39 is 5.60 Å². The molecule has 0 amide bonds. The van der Waals surface area contributed by atoms with Crippen LogP contribution in [0.3, 0.4) is 0 Å². The highest BCUT2D eigenvalue weighted by Gasteiger charge is 2.43. The zero-order valence-corrected chi connectivity index (χ0v) is 10.7. The van der Waals surface area contributed by atoms with Gasteiger partial charge < -0.3 is 14.6 Å². The molecule has 1 saturated carbocycles. The summed E-state index contributed by atoms with van der Waals surface area (Å²) >= 11 is 0. The molecule has 96 valence electrons. The second-order valence-corrected chi connectivity index (χ2v) is 5.82. The van der Waals surface area contributed by atoms with E-state index >= 15 is 0 Å². The van der Waals surface area contributed by atoms with Crippen LogP contribution in [0.2, 0.25) is 0 Å². The first-order valence-electron chi connectivity index (χ1n) is 6.83. The molecular formula is C15H18O3. The van der Waals surface area contributed by atoms with Crippen molar-refractivity contribution in [2.45, 2.75) is 44.6 Å². The molecule has 1 aliphatic carbocycles. The minimum Gasteiger partial charge on any atom is -0.493 e. The molecule has 0 atom stereocenters. The molecule has 2 heterocycles. The Labute approximate surface area is 107 Å². The van der Waals surface area contributed by atoms with Crippen LogP contribution in [0, 0.1) is 6.92 Å².